The molecule has 0 bridgehead atoms. The predicted octanol–water partition coefficient (Wildman–Crippen LogP) is 11.4. The third kappa shape index (κ3) is 38.3. The van der Waals surface area contributed by atoms with E-state index in [0.717, 1.165) is 120 Å². The van der Waals surface area contributed by atoms with Gasteiger partial charge < -0.3 is 0 Å². The average Bonchev–Trinajstić information content (AvgIpc) is 3.19. The Morgan fingerprint density at radius 2 is 0.623 bits per heavy atom. The van der Waals surface area contributed by atoms with Crippen molar-refractivity contribution in [2.24, 2.45) is 17.8 Å². The molecule has 0 aliphatic carbocycles. The van der Waals surface area contributed by atoms with Crippen molar-refractivity contribution in [3.05, 3.63) is 36.5 Å². The second-order valence-corrected chi connectivity index (χ2v) is 24.2. The van der Waals surface area contributed by atoms with Crippen LogP contribution < -0.4 is 0 Å². The average molecular weight is 970 g/mol. The Balaban J connectivity index is 5.99. The van der Waals surface area contributed by atoms with Crippen molar-refractivity contribution in [3.8, 4) is 0 Å². The molecule has 0 aromatic carbocycles. The zero-order chi connectivity index (χ0) is 45.6. The van der Waals surface area contributed by atoms with Gasteiger partial charge in [0.25, 0.3) is 0 Å². The fourth-order valence-electron chi connectivity index (χ4n) is 6.17. The molecule has 350 valence electrons. The molecule has 0 aliphatic heterocycles. The molecule has 0 amide bonds. The van der Waals surface area contributed by atoms with Crippen LogP contribution in [0.15, 0.2) is 36.5 Å². The quantitative estimate of drug-likeness (QED) is 0.0190. The topological polar surface area (TPSA) is 158 Å². The minimum atomic E-state index is -5.61. The monoisotopic (exact) mass is 970 g/mol. The first-order chi connectivity index (χ1) is 29.2. The molecular weight excluding hydrogens is 887 g/mol. The molecule has 0 unspecified atom stereocenters. The van der Waals surface area contributed by atoms with Gasteiger partial charge in [-0.3, -0.25) is 0 Å². The summed E-state index contributed by atoms with van der Waals surface area (Å²) in [5.41, 5.74) is 0. The fourth-order valence-corrected chi connectivity index (χ4v) is 12.6. The Hall–Kier alpha value is -3.16. The minimum Gasteiger partial charge on any atom is -0.0628 e. The first-order valence-electron chi connectivity index (χ1n) is 23.4. The van der Waals surface area contributed by atoms with Gasteiger partial charge in [0.1, 0.15) is 0 Å². The van der Waals surface area contributed by atoms with E-state index in [4.69, 9.17) is 23.4 Å². The first kappa shape index (κ1) is 57.8. The summed E-state index contributed by atoms with van der Waals surface area (Å²) in [7, 11) is 0. The van der Waals surface area contributed by atoms with Gasteiger partial charge >= 0.3 is 334 Å². The Morgan fingerprint density at radius 1 is 0.361 bits per heavy atom. The summed E-state index contributed by atoms with van der Waals surface area (Å²) in [6, 6.07) is 0. The van der Waals surface area contributed by atoms with Crippen LogP contribution in [0.1, 0.15) is 190 Å². The number of hydrogen-bond donors (Lipinski definition) is 0. The van der Waals surface area contributed by atoms with E-state index in [1.54, 1.807) is 0 Å². The van der Waals surface area contributed by atoms with Gasteiger partial charge in [0.2, 0.25) is 0 Å². The summed E-state index contributed by atoms with van der Waals surface area (Å²) < 4.78 is 32.8. The van der Waals surface area contributed by atoms with Crippen LogP contribution >= 0.6 is 0 Å². The Morgan fingerprint density at radius 3 is 0.918 bits per heavy atom. The van der Waals surface area contributed by atoms with Crippen LogP contribution in [0.3, 0.4) is 0 Å². The van der Waals surface area contributed by atoms with E-state index in [-0.39, 0.29) is 24.3 Å². The maximum absolute atomic E-state index is 13.2. The van der Waals surface area contributed by atoms with Crippen LogP contribution in [0.4, 0.5) is 0 Å². The van der Waals surface area contributed by atoms with Crippen LogP contribution in [0.25, 0.3) is 0 Å². The number of ether oxygens (including phenoxy) is 3. The molecule has 0 spiro atoms. The van der Waals surface area contributed by atoms with Gasteiger partial charge in [-0.05, 0) is 0 Å². The molecule has 0 saturated carbocycles. The van der Waals surface area contributed by atoms with E-state index < -0.39 is 55.4 Å². The summed E-state index contributed by atoms with van der Waals surface area (Å²) in [6.07, 6.45) is 26.3. The van der Waals surface area contributed by atoms with E-state index in [0.29, 0.717) is 49.9 Å². The summed E-state index contributed by atoms with van der Waals surface area (Å²) in [4.78, 5) is 77.0. The number of esters is 3. The Bertz CT molecular complexity index is 1170. The molecular formula is C48H82O12Sn. The van der Waals surface area contributed by atoms with Gasteiger partial charge in [0, 0.05) is 0 Å². The molecule has 0 saturated heterocycles. The molecule has 13 heteroatoms. The van der Waals surface area contributed by atoms with Crippen molar-refractivity contribution in [1.82, 2.24) is 0 Å². The molecule has 0 radical (unpaired) electrons. The van der Waals surface area contributed by atoms with Crippen LogP contribution in [-0.2, 0) is 52.2 Å². The fraction of sp³-hybridized carbons (Fsp3) is 0.750. The van der Waals surface area contributed by atoms with Gasteiger partial charge in [-0.2, -0.15) is 0 Å². The normalized spacial score (nSPS) is 11.9. The van der Waals surface area contributed by atoms with Crippen molar-refractivity contribution in [3.63, 3.8) is 0 Å². The summed E-state index contributed by atoms with van der Waals surface area (Å²) in [5, 5.41) is 0. The Labute approximate surface area is 374 Å². The van der Waals surface area contributed by atoms with Crippen LogP contribution in [0.2, 0.25) is 4.44 Å². The predicted molar refractivity (Wildman–Crippen MR) is 241 cm³/mol. The van der Waals surface area contributed by atoms with Crippen molar-refractivity contribution in [1.29, 1.82) is 0 Å². The standard InChI is InChI=1S/3C12H20O4.C12H25.Sn/c3*1-10(2)6-4-3-5-9-16-12(15)8-7-11(13)14;1-3-5-7-9-11-12-10-8-6-4-2;/h3*7-8,10H,3-6,9H2,1-2H3,(H,13,14);1,3-12H2,2H3;/q;;;;+3/p-3/b3*8-7-;;. The summed E-state index contributed by atoms with van der Waals surface area (Å²) >= 11 is -5.61. The van der Waals surface area contributed by atoms with Crippen molar-refractivity contribution < 1.29 is 52.2 Å². The summed E-state index contributed by atoms with van der Waals surface area (Å²) in [6.45, 7) is 15.6. The van der Waals surface area contributed by atoms with Crippen molar-refractivity contribution in [2.45, 2.75) is 194 Å². The maximum atomic E-state index is 13.2. The van der Waals surface area contributed by atoms with Gasteiger partial charge in [-0.15, -0.1) is 0 Å². The van der Waals surface area contributed by atoms with E-state index in [9.17, 15) is 28.8 Å². The first-order valence-corrected chi connectivity index (χ1v) is 28.9. The van der Waals surface area contributed by atoms with E-state index in [1.807, 2.05) is 0 Å². The molecule has 0 aromatic heterocycles. The smallest absolute Gasteiger partial charge is 0.0628 e. The molecule has 61 heavy (non-hydrogen) atoms. The minimum absolute atomic E-state index is 0.0631. The molecule has 0 aromatic rings. The zero-order valence-electron chi connectivity index (χ0n) is 39.0. The summed E-state index contributed by atoms with van der Waals surface area (Å²) in [5.74, 6) is -3.70. The third-order valence-corrected chi connectivity index (χ3v) is 16.8. The molecule has 0 heterocycles. The van der Waals surface area contributed by atoms with Crippen molar-refractivity contribution in [2.75, 3.05) is 19.8 Å². The van der Waals surface area contributed by atoms with Crippen molar-refractivity contribution >= 4 is 55.4 Å². The number of rotatable bonds is 38. The van der Waals surface area contributed by atoms with Crippen LogP contribution in [-0.4, -0.2) is 75.3 Å². The number of unbranched alkanes of at least 4 members (excludes halogenated alkanes) is 15. The molecule has 0 rings (SSSR count). The van der Waals surface area contributed by atoms with Crippen LogP contribution in [0.5, 0.6) is 0 Å². The molecule has 0 atom stereocenters. The van der Waals surface area contributed by atoms with E-state index in [1.165, 1.54) is 25.7 Å². The number of hydrogen-bond acceptors (Lipinski definition) is 12. The molecule has 0 N–H and O–H groups in total. The van der Waals surface area contributed by atoms with Gasteiger partial charge in [-0.1, -0.05) is 41.5 Å². The van der Waals surface area contributed by atoms with Crippen LogP contribution in [0, 0.1) is 17.8 Å². The second-order valence-electron chi connectivity index (χ2n) is 17.1. The molecule has 0 fully saturated rings. The zero-order valence-corrected chi connectivity index (χ0v) is 41.8. The molecule has 0 aliphatic rings. The third-order valence-electron chi connectivity index (χ3n) is 9.68. The SMILES string of the molecule is CCCCCCCCCCC[CH2][Sn]([O]C(=O)/C=C\C(=O)OCCCCCC(C)C)([O]C(=O)/C=C\C(=O)OCCCCCC(C)C)[O]C(=O)/C=C\C(=O)OCCCCCC(C)C. The van der Waals surface area contributed by atoms with E-state index in [2.05, 4.69) is 48.5 Å². The van der Waals surface area contributed by atoms with Gasteiger partial charge in [-0.25, -0.2) is 0 Å². The second kappa shape index (κ2) is 38.5. The molecule has 12 nitrogen and oxygen atoms in total. The Kier molecular flexibility index (Phi) is 36.5. The number of carbonyl (C=O) groups is 6. The van der Waals surface area contributed by atoms with Gasteiger partial charge in [0.05, 0.1) is 0 Å². The van der Waals surface area contributed by atoms with Gasteiger partial charge in [0.15, 0.2) is 0 Å². The van der Waals surface area contributed by atoms with E-state index >= 15 is 0 Å². The number of carbonyl (C=O) groups excluding carboxylic acids is 6.